The number of aromatic nitrogens is 2. The first kappa shape index (κ1) is 16.2. The van der Waals surface area contributed by atoms with Gasteiger partial charge in [0.15, 0.2) is 5.03 Å². The number of hydrogen-bond donors (Lipinski definition) is 3. The molecule has 0 radical (unpaired) electrons. The SMILES string of the molecule is CCCNCc1cn[nH]c1S(=O)(=O)NCc1ccc(C)s1. The zero-order chi connectivity index (χ0) is 15.3. The summed E-state index contributed by atoms with van der Waals surface area (Å²) in [6, 6.07) is 3.91. The van der Waals surface area contributed by atoms with Crippen molar-refractivity contribution in [2.45, 2.75) is 38.4 Å². The van der Waals surface area contributed by atoms with Crippen molar-refractivity contribution in [1.82, 2.24) is 20.2 Å². The van der Waals surface area contributed by atoms with Crippen molar-refractivity contribution in [2.24, 2.45) is 0 Å². The minimum Gasteiger partial charge on any atom is -0.313 e. The predicted molar refractivity (Wildman–Crippen MR) is 83.7 cm³/mol. The van der Waals surface area contributed by atoms with Gasteiger partial charge < -0.3 is 5.32 Å². The van der Waals surface area contributed by atoms with E-state index in [1.807, 2.05) is 19.1 Å². The van der Waals surface area contributed by atoms with Crippen molar-refractivity contribution in [1.29, 1.82) is 0 Å². The summed E-state index contributed by atoms with van der Waals surface area (Å²) < 4.78 is 27.2. The Morgan fingerprint density at radius 3 is 2.81 bits per heavy atom. The molecule has 0 spiro atoms. The molecule has 21 heavy (non-hydrogen) atoms. The minimum absolute atomic E-state index is 0.138. The summed E-state index contributed by atoms with van der Waals surface area (Å²) in [5.41, 5.74) is 0.651. The van der Waals surface area contributed by atoms with Crippen LogP contribution in [0.25, 0.3) is 0 Å². The number of nitrogens with one attached hydrogen (secondary N) is 3. The van der Waals surface area contributed by atoms with E-state index in [0.29, 0.717) is 18.7 Å². The maximum Gasteiger partial charge on any atom is 0.258 e. The third-order valence-corrected chi connectivity index (χ3v) is 5.34. The van der Waals surface area contributed by atoms with Crippen molar-refractivity contribution in [3.05, 3.63) is 33.6 Å². The number of H-pyrrole nitrogens is 1. The van der Waals surface area contributed by atoms with Crippen LogP contribution in [0.3, 0.4) is 0 Å². The van der Waals surface area contributed by atoms with E-state index in [1.165, 1.54) is 0 Å². The molecule has 2 aromatic rings. The lowest BCUT2D eigenvalue weighted by Gasteiger charge is -2.07. The fraction of sp³-hybridized carbons (Fsp3) is 0.462. The van der Waals surface area contributed by atoms with Gasteiger partial charge in [-0.25, -0.2) is 13.1 Å². The second-order valence-electron chi connectivity index (χ2n) is 4.74. The Balaban J connectivity index is 2.03. The first-order valence-corrected chi connectivity index (χ1v) is 9.11. The highest BCUT2D eigenvalue weighted by atomic mass is 32.2. The van der Waals surface area contributed by atoms with Crippen molar-refractivity contribution in [2.75, 3.05) is 6.54 Å². The van der Waals surface area contributed by atoms with Crippen LogP contribution >= 0.6 is 11.3 Å². The van der Waals surface area contributed by atoms with E-state index in [4.69, 9.17) is 0 Å². The van der Waals surface area contributed by atoms with Gasteiger partial charge in [-0.05, 0) is 32.0 Å². The van der Waals surface area contributed by atoms with E-state index < -0.39 is 10.0 Å². The summed E-state index contributed by atoms with van der Waals surface area (Å²) in [5, 5.41) is 9.74. The molecule has 116 valence electrons. The third-order valence-electron chi connectivity index (χ3n) is 2.92. The lowest BCUT2D eigenvalue weighted by molar-refractivity contribution is 0.574. The summed E-state index contributed by atoms with van der Waals surface area (Å²) in [5.74, 6) is 0. The van der Waals surface area contributed by atoms with Gasteiger partial charge in [-0.3, -0.25) is 5.10 Å². The van der Waals surface area contributed by atoms with Crippen LogP contribution in [0.5, 0.6) is 0 Å². The number of aryl methyl sites for hydroxylation is 1. The number of aromatic amines is 1. The summed E-state index contributed by atoms with van der Waals surface area (Å²) in [7, 11) is -3.58. The lowest BCUT2D eigenvalue weighted by atomic mass is 10.3. The topological polar surface area (TPSA) is 86.9 Å². The van der Waals surface area contributed by atoms with E-state index in [1.54, 1.807) is 17.5 Å². The summed E-state index contributed by atoms with van der Waals surface area (Å²) in [6.45, 7) is 5.67. The predicted octanol–water partition coefficient (Wildman–Crippen LogP) is 1.76. The Bertz CT molecular complexity index is 676. The fourth-order valence-electron chi connectivity index (χ4n) is 1.88. The quantitative estimate of drug-likeness (QED) is 0.644. The second kappa shape index (κ2) is 7.17. The average Bonchev–Trinajstić information content (AvgIpc) is 3.06. The van der Waals surface area contributed by atoms with Gasteiger partial charge in [-0.1, -0.05) is 6.92 Å². The monoisotopic (exact) mass is 328 g/mol. The fourth-order valence-corrected chi connectivity index (χ4v) is 3.93. The van der Waals surface area contributed by atoms with Crippen molar-refractivity contribution in [3.63, 3.8) is 0 Å². The summed E-state index contributed by atoms with van der Waals surface area (Å²) in [4.78, 5) is 2.15. The van der Waals surface area contributed by atoms with Crippen molar-refractivity contribution >= 4 is 21.4 Å². The molecule has 0 aliphatic rings. The number of hydrogen-bond acceptors (Lipinski definition) is 5. The largest absolute Gasteiger partial charge is 0.313 e. The van der Waals surface area contributed by atoms with Crippen molar-refractivity contribution in [3.8, 4) is 0 Å². The number of rotatable bonds is 8. The molecule has 2 rings (SSSR count). The molecule has 0 saturated carbocycles. The lowest BCUT2D eigenvalue weighted by Crippen LogP contribution is -2.25. The van der Waals surface area contributed by atoms with E-state index in [-0.39, 0.29) is 5.03 Å². The maximum atomic E-state index is 12.3. The van der Waals surface area contributed by atoms with Crippen LogP contribution < -0.4 is 10.0 Å². The highest BCUT2D eigenvalue weighted by Gasteiger charge is 2.20. The normalized spacial score (nSPS) is 11.9. The molecule has 8 heteroatoms. The van der Waals surface area contributed by atoms with Crippen LogP contribution in [0.2, 0.25) is 0 Å². The molecule has 0 atom stereocenters. The number of sulfonamides is 1. The highest BCUT2D eigenvalue weighted by molar-refractivity contribution is 7.89. The van der Waals surface area contributed by atoms with Crippen LogP contribution in [0.1, 0.15) is 28.7 Å². The summed E-state index contributed by atoms with van der Waals surface area (Å²) >= 11 is 1.58. The first-order valence-electron chi connectivity index (χ1n) is 6.81. The molecule has 2 heterocycles. The van der Waals surface area contributed by atoms with Gasteiger partial charge in [0.2, 0.25) is 0 Å². The second-order valence-corrected chi connectivity index (χ2v) is 7.81. The average molecular weight is 328 g/mol. The Labute approximate surface area is 129 Å². The third kappa shape index (κ3) is 4.37. The van der Waals surface area contributed by atoms with Gasteiger partial charge in [-0.15, -0.1) is 11.3 Å². The Hall–Kier alpha value is -1.22. The van der Waals surface area contributed by atoms with Crippen LogP contribution in [0.15, 0.2) is 23.4 Å². The Morgan fingerprint density at radius 1 is 1.33 bits per heavy atom. The Morgan fingerprint density at radius 2 is 2.14 bits per heavy atom. The molecule has 2 aromatic heterocycles. The minimum atomic E-state index is -3.58. The van der Waals surface area contributed by atoms with Crippen LogP contribution in [0.4, 0.5) is 0 Å². The maximum absolute atomic E-state index is 12.3. The zero-order valence-electron chi connectivity index (χ0n) is 12.1. The van der Waals surface area contributed by atoms with Crippen LogP contribution in [-0.4, -0.2) is 25.2 Å². The zero-order valence-corrected chi connectivity index (χ0v) is 13.8. The van der Waals surface area contributed by atoms with Gasteiger partial charge >= 0.3 is 0 Å². The standard InChI is InChI=1S/C13H20N4O2S2/c1-3-6-14-7-11-8-15-17-13(11)21(18,19)16-9-12-5-4-10(2)20-12/h4-5,8,14,16H,3,6-7,9H2,1-2H3,(H,15,17). The number of thiophene rings is 1. The molecule has 6 nitrogen and oxygen atoms in total. The molecule has 0 unspecified atom stereocenters. The van der Waals surface area contributed by atoms with Gasteiger partial charge in [0, 0.05) is 28.4 Å². The van der Waals surface area contributed by atoms with E-state index in [0.717, 1.165) is 22.7 Å². The molecular formula is C13H20N4O2S2. The van der Waals surface area contributed by atoms with Gasteiger partial charge in [0.1, 0.15) is 0 Å². The van der Waals surface area contributed by atoms with Gasteiger partial charge in [-0.2, -0.15) is 5.10 Å². The van der Waals surface area contributed by atoms with Crippen LogP contribution in [-0.2, 0) is 23.1 Å². The molecule has 0 bridgehead atoms. The first-order chi connectivity index (χ1) is 10.0. The molecular weight excluding hydrogens is 308 g/mol. The molecule has 0 fully saturated rings. The van der Waals surface area contributed by atoms with Crippen molar-refractivity contribution < 1.29 is 8.42 Å². The van der Waals surface area contributed by atoms with E-state index in [2.05, 4.69) is 27.2 Å². The van der Waals surface area contributed by atoms with Gasteiger partial charge in [0.05, 0.1) is 6.20 Å². The highest BCUT2D eigenvalue weighted by Crippen LogP contribution is 2.16. The smallest absolute Gasteiger partial charge is 0.258 e. The van der Waals surface area contributed by atoms with E-state index >= 15 is 0 Å². The molecule has 0 aliphatic carbocycles. The molecule has 0 aliphatic heterocycles. The molecule has 0 saturated heterocycles. The molecule has 3 N–H and O–H groups in total. The summed E-state index contributed by atoms with van der Waals surface area (Å²) in [6.07, 6.45) is 2.54. The van der Waals surface area contributed by atoms with E-state index in [9.17, 15) is 8.42 Å². The molecule has 0 amide bonds. The molecule has 0 aromatic carbocycles. The van der Waals surface area contributed by atoms with Gasteiger partial charge in [0.25, 0.3) is 10.0 Å². The number of nitrogens with zero attached hydrogens (tertiary/aromatic N) is 1. The Kier molecular flexibility index (Phi) is 5.51. The van der Waals surface area contributed by atoms with Crippen LogP contribution in [0, 0.1) is 6.92 Å².